The van der Waals surface area contributed by atoms with Crippen LogP contribution in [0.25, 0.3) is 5.69 Å². The van der Waals surface area contributed by atoms with Crippen LogP contribution in [0.15, 0.2) is 24.3 Å². The van der Waals surface area contributed by atoms with E-state index in [1.165, 1.54) is 4.68 Å². The SMILES string of the molecule is COc1ccc(-n2nc(C)nc2C(=O)OC(C)C)cc1. The number of aromatic nitrogens is 3. The standard InChI is InChI=1S/C14H17N3O3/c1-9(2)20-14(18)13-15-10(3)16-17(13)11-5-7-12(19-4)8-6-11/h5-9H,1-4H3. The van der Waals surface area contributed by atoms with Gasteiger partial charge in [-0.15, -0.1) is 0 Å². The van der Waals surface area contributed by atoms with E-state index in [1.54, 1.807) is 52.1 Å². The first-order valence-corrected chi connectivity index (χ1v) is 6.30. The van der Waals surface area contributed by atoms with Gasteiger partial charge in [-0.1, -0.05) is 0 Å². The van der Waals surface area contributed by atoms with Crippen molar-refractivity contribution in [1.29, 1.82) is 0 Å². The van der Waals surface area contributed by atoms with Crippen LogP contribution >= 0.6 is 0 Å². The van der Waals surface area contributed by atoms with E-state index in [9.17, 15) is 4.79 Å². The number of hydrogen-bond donors (Lipinski definition) is 0. The molecule has 1 aromatic carbocycles. The Bertz CT molecular complexity index is 603. The molecule has 0 saturated heterocycles. The van der Waals surface area contributed by atoms with Gasteiger partial charge in [0, 0.05) is 0 Å². The Labute approximate surface area is 117 Å². The minimum absolute atomic E-state index is 0.168. The molecule has 0 unspecified atom stereocenters. The van der Waals surface area contributed by atoms with Crippen LogP contribution < -0.4 is 4.74 Å². The molecule has 0 amide bonds. The molecule has 0 fully saturated rings. The van der Waals surface area contributed by atoms with Crippen molar-refractivity contribution >= 4 is 5.97 Å². The van der Waals surface area contributed by atoms with Gasteiger partial charge in [-0.2, -0.15) is 5.10 Å². The monoisotopic (exact) mass is 275 g/mol. The van der Waals surface area contributed by atoms with Crippen molar-refractivity contribution in [3.05, 3.63) is 35.9 Å². The molecule has 0 radical (unpaired) electrons. The molecule has 1 heterocycles. The summed E-state index contributed by atoms with van der Waals surface area (Å²) in [6, 6.07) is 7.20. The first-order chi connectivity index (χ1) is 9.51. The maximum Gasteiger partial charge on any atom is 0.376 e. The Morgan fingerprint density at radius 2 is 1.90 bits per heavy atom. The molecule has 0 spiro atoms. The van der Waals surface area contributed by atoms with Crippen molar-refractivity contribution in [3.8, 4) is 11.4 Å². The summed E-state index contributed by atoms with van der Waals surface area (Å²) < 4.78 is 11.7. The zero-order valence-corrected chi connectivity index (χ0v) is 12.0. The fourth-order valence-electron chi connectivity index (χ4n) is 1.72. The second kappa shape index (κ2) is 5.73. The fraction of sp³-hybridized carbons (Fsp3) is 0.357. The van der Waals surface area contributed by atoms with Gasteiger partial charge in [0.15, 0.2) is 0 Å². The van der Waals surface area contributed by atoms with E-state index in [1.807, 2.05) is 0 Å². The van der Waals surface area contributed by atoms with Crippen LogP contribution in [0.1, 0.15) is 30.3 Å². The van der Waals surface area contributed by atoms with E-state index in [0.29, 0.717) is 5.82 Å². The number of benzene rings is 1. The number of rotatable bonds is 4. The predicted molar refractivity (Wildman–Crippen MR) is 73.2 cm³/mol. The highest BCUT2D eigenvalue weighted by Gasteiger charge is 2.19. The Morgan fingerprint density at radius 3 is 2.45 bits per heavy atom. The highest BCUT2D eigenvalue weighted by atomic mass is 16.5. The number of carbonyl (C=O) groups is 1. The van der Waals surface area contributed by atoms with Crippen LogP contribution in [-0.4, -0.2) is 33.9 Å². The summed E-state index contributed by atoms with van der Waals surface area (Å²) in [5.74, 6) is 0.922. The lowest BCUT2D eigenvalue weighted by molar-refractivity contribution is 0.0360. The average molecular weight is 275 g/mol. The summed E-state index contributed by atoms with van der Waals surface area (Å²) in [5.41, 5.74) is 0.724. The number of aryl methyl sites for hydroxylation is 1. The summed E-state index contributed by atoms with van der Waals surface area (Å²) in [4.78, 5) is 16.1. The topological polar surface area (TPSA) is 66.2 Å². The minimum Gasteiger partial charge on any atom is -0.497 e. The van der Waals surface area contributed by atoms with Crippen LogP contribution in [-0.2, 0) is 4.74 Å². The lowest BCUT2D eigenvalue weighted by Crippen LogP contribution is -2.17. The van der Waals surface area contributed by atoms with Crippen molar-refractivity contribution in [2.45, 2.75) is 26.9 Å². The highest BCUT2D eigenvalue weighted by molar-refractivity contribution is 5.86. The zero-order chi connectivity index (χ0) is 14.7. The summed E-state index contributed by atoms with van der Waals surface area (Å²) in [7, 11) is 1.60. The summed E-state index contributed by atoms with van der Waals surface area (Å²) in [6.45, 7) is 5.31. The van der Waals surface area contributed by atoms with Crippen LogP contribution in [0.3, 0.4) is 0 Å². The molecule has 0 atom stereocenters. The van der Waals surface area contributed by atoms with Crippen molar-refractivity contribution in [1.82, 2.24) is 14.8 Å². The van der Waals surface area contributed by atoms with Gasteiger partial charge in [-0.05, 0) is 45.0 Å². The summed E-state index contributed by atoms with van der Waals surface area (Å²) in [6.07, 6.45) is -0.205. The Balaban J connectivity index is 2.38. The van der Waals surface area contributed by atoms with Crippen LogP contribution in [0.4, 0.5) is 0 Å². The lowest BCUT2D eigenvalue weighted by atomic mass is 10.3. The van der Waals surface area contributed by atoms with Gasteiger partial charge in [-0.25, -0.2) is 14.5 Å². The smallest absolute Gasteiger partial charge is 0.376 e. The molecule has 6 nitrogen and oxygen atoms in total. The third kappa shape index (κ3) is 2.96. The molecular weight excluding hydrogens is 258 g/mol. The Hall–Kier alpha value is -2.37. The van der Waals surface area contributed by atoms with Crippen LogP contribution in [0.5, 0.6) is 5.75 Å². The molecule has 0 bridgehead atoms. The molecule has 0 N–H and O–H groups in total. The van der Waals surface area contributed by atoms with Crippen molar-refractivity contribution < 1.29 is 14.3 Å². The van der Waals surface area contributed by atoms with Crippen molar-refractivity contribution in [2.75, 3.05) is 7.11 Å². The predicted octanol–water partition coefficient (Wildman–Crippen LogP) is 2.15. The number of nitrogens with zero attached hydrogens (tertiary/aromatic N) is 3. The molecule has 2 rings (SSSR count). The normalized spacial score (nSPS) is 10.7. The largest absolute Gasteiger partial charge is 0.497 e. The third-order valence-corrected chi connectivity index (χ3v) is 2.56. The van der Waals surface area contributed by atoms with Crippen LogP contribution in [0.2, 0.25) is 0 Å². The second-order valence-electron chi connectivity index (χ2n) is 4.55. The third-order valence-electron chi connectivity index (χ3n) is 2.56. The Kier molecular flexibility index (Phi) is 4.02. The van der Waals surface area contributed by atoms with E-state index >= 15 is 0 Å². The molecular formula is C14H17N3O3. The van der Waals surface area contributed by atoms with E-state index in [4.69, 9.17) is 9.47 Å². The molecule has 1 aromatic heterocycles. The molecule has 0 aliphatic heterocycles. The first-order valence-electron chi connectivity index (χ1n) is 6.30. The minimum atomic E-state index is -0.489. The van der Waals surface area contributed by atoms with E-state index < -0.39 is 5.97 Å². The van der Waals surface area contributed by atoms with Gasteiger partial charge in [-0.3, -0.25) is 0 Å². The quantitative estimate of drug-likeness (QED) is 0.800. The number of hydrogen-bond acceptors (Lipinski definition) is 5. The number of carbonyl (C=O) groups excluding carboxylic acids is 1. The van der Waals surface area contributed by atoms with E-state index in [2.05, 4.69) is 10.1 Å². The molecule has 2 aromatic rings. The van der Waals surface area contributed by atoms with E-state index in [0.717, 1.165) is 11.4 Å². The number of ether oxygens (including phenoxy) is 2. The number of esters is 1. The van der Waals surface area contributed by atoms with Gasteiger partial charge in [0.1, 0.15) is 11.6 Å². The Morgan fingerprint density at radius 1 is 1.25 bits per heavy atom. The van der Waals surface area contributed by atoms with Gasteiger partial charge in [0.25, 0.3) is 0 Å². The van der Waals surface area contributed by atoms with Crippen LogP contribution in [0, 0.1) is 6.92 Å². The molecule has 0 saturated carbocycles. The molecule has 20 heavy (non-hydrogen) atoms. The molecule has 0 aliphatic carbocycles. The van der Waals surface area contributed by atoms with E-state index in [-0.39, 0.29) is 11.9 Å². The zero-order valence-electron chi connectivity index (χ0n) is 12.0. The average Bonchev–Trinajstić information content (AvgIpc) is 2.80. The molecule has 106 valence electrons. The lowest BCUT2D eigenvalue weighted by Gasteiger charge is -2.09. The second-order valence-corrected chi connectivity index (χ2v) is 4.55. The summed E-state index contributed by atoms with van der Waals surface area (Å²) >= 11 is 0. The molecule has 0 aliphatic rings. The maximum absolute atomic E-state index is 12.0. The summed E-state index contributed by atoms with van der Waals surface area (Å²) in [5, 5.41) is 4.23. The van der Waals surface area contributed by atoms with Gasteiger partial charge in [0.05, 0.1) is 18.9 Å². The van der Waals surface area contributed by atoms with Gasteiger partial charge >= 0.3 is 5.97 Å². The highest BCUT2D eigenvalue weighted by Crippen LogP contribution is 2.16. The van der Waals surface area contributed by atoms with Crippen molar-refractivity contribution in [3.63, 3.8) is 0 Å². The number of methoxy groups -OCH3 is 1. The fourth-order valence-corrected chi connectivity index (χ4v) is 1.72. The van der Waals surface area contributed by atoms with Gasteiger partial charge in [0.2, 0.25) is 5.82 Å². The van der Waals surface area contributed by atoms with Gasteiger partial charge < -0.3 is 9.47 Å². The van der Waals surface area contributed by atoms with Crippen molar-refractivity contribution in [2.24, 2.45) is 0 Å². The molecule has 6 heteroatoms. The maximum atomic E-state index is 12.0. The first kappa shape index (κ1) is 14.0.